The Balaban J connectivity index is 1.14. The molecule has 274 valence electrons. The van der Waals surface area contributed by atoms with Crippen molar-refractivity contribution in [3.63, 3.8) is 0 Å². The Labute approximate surface area is 341 Å². The van der Waals surface area contributed by atoms with Crippen molar-refractivity contribution < 1.29 is 4.42 Å². The van der Waals surface area contributed by atoms with E-state index in [9.17, 15) is 0 Å². The molecular formula is C53H30N4OS. The number of hydrogen-bond donors (Lipinski definition) is 0. The van der Waals surface area contributed by atoms with Crippen LogP contribution in [-0.2, 0) is 0 Å². The lowest BCUT2D eigenvalue weighted by Gasteiger charge is -2.15. The van der Waals surface area contributed by atoms with Gasteiger partial charge >= 0.3 is 0 Å². The first kappa shape index (κ1) is 32.4. The number of rotatable bonds is 4. The van der Waals surface area contributed by atoms with Gasteiger partial charge in [-0.2, -0.15) is 0 Å². The lowest BCUT2D eigenvalue weighted by Crippen LogP contribution is -2.04. The Hall–Kier alpha value is -7.67. The van der Waals surface area contributed by atoms with E-state index in [1.54, 1.807) is 11.3 Å². The van der Waals surface area contributed by atoms with Gasteiger partial charge in [0.15, 0.2) is 17.5 Å². The molecule has 0 aliphatic heterocycles. The lowest BCUT2D eigenvalue weighted by molar-refractivity contribution is 0.669. The minimum absolute atomic E-state index is 0.569. The number of nitrogens with zero attached hydrogens (tertiary/aromatic N) is 4. The second-order valence-electron chi connectivity index (χ2n) is 15.2. The molecule has 0 bridgehead atoms. The molecule has 5 nitrogen and oxygen atoms in total. The maximum atomic E-state index is 6.76. The molecule has 0 fully saturated rings. The van der Waals surface area contributed by atoms with Crippen LogP contribution in [0.4, 0.5) is 0 Å². The van der Waals surface area contributed by atoms with Gasteiger partial charge in [-0.05, 0) is 76.1 Å². The SMILES string of the molecule is c1ccc(-c2nc(-c3ccc4c(c3)sc3ccccc34)nc(-c3cc4oc5cc6ccccc6cc5c4cc3-n3c4ccccc4c4cc5ccccc5cc43)n2)cc1. The zero-order valence-corrected chi connectivity index (χ0v) is 32.2. The van der Waals surface area contributed by atoms with Crippen LogP contribution in [0.3, 0.4) is 0 Å². The smallest absolute Gasteiger partial charge is 0.166 e. The molecule has 0 atom stereocenters. The Morgan fingerprint density at radius 2 is 0.966 bits per heavy atom. The largest absolute Gasteiger partial charge is 0.456 e. The molecule has 0 radical (unpaired) electrons. The first-order valence-electron chi connectivity index (χ1n) is 19.8. The third-order valence-corrected chi connectivity index (χ3v) is 12.9. The van der Waals surface area contributed by atoms with Crippen LogP contribution in [0.25, 0.3) is 125 Å². The topological polar surface area (TPSA) is 56.7 Å². The average Bonchev–Trinajstić information content (AvgIpc) is 3.95. The van der Waals surface area contributed by atoms with Gasteiger partial charge in [-0.3, -0.25) is 0 Å². The number of fused-ring (bicyclic) bond motifs is 11. The fourth-order valence-corrected chi connectivity index (χ4v) is 10.1. The van der Waals surface area contributed by atoms with E-state index in [0.717, 1.165) is 60.7 Å². The summed E-state index contributed by atoms with van der Waals surface area (Å²) in [5.41, 5.74) is 7.49. The van der Waals surface area contributed by atoms with Crippen LogP contribution < -0.4 is 0 Å². The molecule has 0 spiro atoms. The van der Waals surface area contributed by atoms with E-state index < -0.39 is 0 Å². The maximum absolute atomic E-state index is 6.76. The highest BCUT2D eigenvalue weighted by Crippen LogP contribution is 2.43. The van der Waals surface area contributed by atoms with E-state index >= 15 is 0 Å². The molecule has 13 rings (SSSR count). The van der Waals surface area contributed by atoms with Gasteiger partial charge in [0, 0.05) is 58.4 Å². The van der Waals surface area contributed by atoms with Crippen molar-refractivity contribution in [2.24, 2.45) is 0 Å². The number of para-hydroxylation sites is 1. The summed E-state index contributed by atoms with van der Waals surface area (Å²) < 4.78 is 11.6. The molecule has 13 aromatic rings. The number of hydrogen-bond acceptors (Lipinski definition) is 5. The molecule has 0 aliphatic rings. The van der Waals surface area contributed by atoms with E-state index in [2.05, 4.69) is 168 Å². The van der Waals surface area contributed by atoms with Crippen molar-refractivity contribution in [2.45, 2.75) is 0 Å². The van der Waals surface area contributed by atoms with Gasteiger partial charge in [-0.25, -0.2) is 15.0 Å². The van der Waals surface area contributed by atoms with Crippen molar-refractivity contribution in [1.29, 1.82) is 0 Å². The second-order valence-corrected chi connectivity index (χ2v) is 16.3. The normalized spacial score (nSPS) is 12.1. The van der Waals surface area contributed by atoms with E-state index in [0.29, 0.717) is 17.5 Å². The molecule has 4 aromatic heterocycles. The molecule has 0 aliphatic carbocycles. The minimum atomic E-state index is 0.569. The summed E-state index contributed by atoms with van der Waals surface area (Å²) in [6.45, 7) is 0. The molecule has 0 saturated heterocycles. The summed E-state index contributed by atoms with van der Waals surface area (Å²) in [4.78, 5) is 15.8. The number of benzene rings is 9. The minimum Gasteiger partial charge on any atom is -0.456 e. The van der Waals surface area contributed by atoms with Crippen LogP contribution >= 0.6 is 11.3 Å². The van der Waals surface area contributed by atoms with Crippen molar-refractivity contribution in [3.8, 4) is 39.9 Å². The second kappa shape index (κ2) is 12.4. The van der Waals surface area contributed by atoms with Gasteiger partial charge in [0.1, 0.15) is 11.2 Å². The fourth-order valence-electron chi connectivity index (χ4n) is 8.98. The van der Waals surface area contributed by atoms with Gasteiger partial charge in [0.2, 0.25) is 0 Å². The Kier molecular flexibility index (Phi) is 6.82. The van der Waals surface area contributed by atoms with Gasteiger partial charge in [-0.1, -0.05) is 127 Å². The number of furan rings is 1. The van der Waals surface area contributed by atoms with Crippen LogP contribution in [0.2, 0.25) is 0 Å². The molecule has 6 heteroatoms. The predicted octanol–water partition coefficient (Wildman–Crippen LogP) is 14.5. The molecular weight excluding hydrogens is 741 g/mol. The maximum Gasteiger partial charge on any atom is 0.166 e. The Morgan fingerprint density at radius 1 is 0.373 bits per heavy atom. The standard InChI is InChI=1S/C53H30N4OS/c1-2-12-31(13-3-1)51-54-52(36-22-23-39-38-19-9-11-21-49(38)59-50(39)28-36)56-53(55-51)43-30-48-42(41-25-33-15-5-7-17-35(33)27-47(41)58-48)29-46(43)57-44-20-10-8-18-37(44)40-24-32-14-4-6-16-34(32)26-45(40)57/h1-30H. The average molecular weight is 771 g/mol. The third-order valence-electron chi connectivity index (χ3n) is 11.8. The molecule has 9 aromatic carbocycles. The van der Waals surface area contributed by atoms with E-state index in [1.807, 2.05) is 18.2 Å². The highest BCUT2D eigenvalue weighted by molar-refractivity contribution is 7.25. The van der Waals surface area contributed by atoms with Crippen molar-refractivity contribution in [3.05, 3.63) is 182 Å². The molecule has 59 heavy (non-hydrogen) atoms. The molecule has 4 heterocycles. The summed E-state index contributed by atoms with van der Waals surface area (Å²) >= 11 is 1.79. The summed E-state index contributed by atoms with van der Waals surface area (Å²) in [6, 6.07) is 64.5. The van der Waals surface area contributed by atoms with Crippen LogP contribution in [0, 0.1) is 0 Å². The van der Waals surface area contributed by atoms with Crippen molar-refractivity contribution in [1.82, 2.24) is 19.5 Å². The summed E-state index contributed by atoms with van der Waals surface area (Å²) in [7, 11) is 0. The van der Waals surface area contributed by atoms with Gasteiger partial charge in [0.05, 0.1) is 16.7 Å². The van der Waals surface area contributed by atoms with Gasteiger partial charge in [0.25, 0.3) is 0 Å². The Morgan fingerprint density at radius 3 is 1.78 bits per heavy atom. The summed E-state index contributed by atoms with van der Waals surface area (Å²) in [5, 5.41) is 11.6. The number of aromatic nitrogens is 4. The zero-order valence-electron chi connectivity index (χ0n) is 31.4. The summed E-state index contributed by atoms with van der Waals surface area (Å²) in [6.07, 6.45) is 0. The van der Waals surface area contributed by atoms with Crippen LogP contribution in [0.15, 0.2) is 186 Å². The summed E-state index contributed by atoms with van der Waals surface area (Å²) in [5.74, 6) is 1.79. The molecule has 0 N–H and O–H groups in total. The molecule has 0 saturated carbocycles. The van der Waals surface area contributed by atoms with E-state index in [4.69, 9.17) is 19.4 Å². The Bertz CT molecular complexity index is 3860. The third kappa shape index (κ3) is 5.00. The van der Waals surface area contributed by atoms with Crippen LogP contribution in [0.5, 0.6) is 0 Å². The first-order chi connectivity index (χ1) is 29.2. The molecule has 0 amide bonds. The van der Waals surface area contributed by atoms with Crippen LogP contribution in [0.1, 0.15) is 0 Å². The number of thiophene rings is 1. The fraction of sp³-hybridized carbons (Fsp3) is 0. The highest BCUT2D eigenvalue weighted by Gasteiger charge is 2.23. The lowest BCUT2D eigenvalue weighted by atomic mass is 10.0. The van der Waals surface area contributed by atoms with Gasteiger partial charge < -0.3 is 8.98 Å². The zero-order chi connectivity index (χ0) is 38.6. The van der Waals surface area contributed by atoms with Crippen molar-refractivity contribution in [2.75, 3.05) is 0 Å². The van der Waals surface area contributed by atoms with E-state index in [1.165, 1.54) is 47.1 Å². The monoisotopic (exact) mass is 770 g/mol. The van der Waals surface area contributed by atoms with E-state index in [-0.39, 0.29) is 0 Å². The van der Waals surface area contributed by atoms with Gasteiger partial charge in [-0.15, -0.1) is 11.3 Å². The predicted molar refractivity (Wildman–Crippen MR) is 246 cm³/mol. The van der Waals surface area contributed by atoms with Crippen LogP contribution in [-0.4, -0.2) is 19.5 Å². The molecule has 0 unspecified atom stereocenters. The first-order valence-corrected chi connectivity index (χ1v) is 20.6. The highest BCUT2D eigenvalue weighted by atomic mass is 32.1. The quantitative estimate of drug-likeness (QED) is 0.179. The van der Waals surface area contributed by atoms with Crippen molar-refractivity contribution >= 4 is 96.8 Å².